The number of aromatic nitrogens is 2. The van der Waals surface area contributed by atoms with Gasteiger partial charge in [-0.3, -0.25) is 0 Å². The summed E-state index contributed by atoms with van der Waals surface area (Å²) in [6, 6.07) is 7.76. The zero-order valence-corrected chi connectivity index (χ0v) is 19.6. The first-order valence-electron chi connectivity index (χ1n) is 12.1. The lowest BCUT2D eigenvalue weighted by Crippen LogP contribution is -2.20. The van der Waals surface area contributed by atoms with Crippen molar-refractivity contribution in [1.82, 2.24) is 9.97 Å². The molecule has 1 fully saturated rings. The molecule has 0 radical (unpaired) electrons. The average Bonchev–Trinajstić information content (AvgIpc) is 3.61. The van der Waals surface area contributed by atoms with Crippen LogP contribution in [-0.2, 0) is 9.53 Å². The van der Waals surface area contributed by atoms with Gasteiger partial charge in [-0.05, 0) is 30.0 Å². The molecular formula is C26H36N2O4. The number of hydrogen-bond donors (Lipinski definition) is 0. The number of hydrogen-bond acceptors (Lipinski definition) is 6. The first kappa shape index (κ1) is 24.2. The van der Waals surface area contributed by atoms with Crippen molar-refractivity contribution in [3.8, 4) is 22.9 Å². The Hall–Kier alpha value is -2.47. The van der Waals surface area contributed by atoms with E-state index in [2.05, 4.69) is 30.7 Å². The molecule has 6 nitrogen and oxygen atoms in total. The van der Waals surface area contributed by atoms with Crippen LogP contribution >= 0.6 is 0 Å². The fourth-order valence-electron chi connectivity index (χ4n) is 3.90. The summed E-state index contributed by atoms with van der Waals surface area (Å²) in [5.41, 5.74) is 1.83. The van der Waals surface area contributed by atoms with Crippen LogP contribution in [0.15, 0.2) is 36.7 Å². The molecule has 1 aliphatic rings. The van der Waals surface area contributed by atoms with E-state index in [1.54, 1.807) is 24.5 Å². The highest BCUT2D eigenvalue weighted by Gasteiger charge is 2.49. The Morgan fingerprint density at radius 2 is 1.59 bits per heavy atom. The number of epoxide rings is 1. The second-order valence-corrected chi connectivity index (χ2v) is 8.41. The van der Waals surface area contributed by atoms with Gasteiger partial charge in [0, 0.05) is 18.0 Å². The van der Waals surface area contributed by atoms with Gasteiger partial charge in [-0.1, -0.05) is 77.8 Å². The minimum atomic E-state index is -0.433. The van der Waals surface area contributed by atoms with Gasteiger partial charge in [-0.15, -0.1) is 0 Å². The highest BCUT2D eigenvalue weighted by atomic mass is 16.6. The fraction of sp³-hybridized carbons (Fsp3) is 0.577. The van der Waals surface area contributed by atoms with Crippen molar-refractivity contribution >= 4 is 5.97 Å². The van der Waals surface area contributed by atoms with E-state index in [-0.39, 0.29) is 12.1 Å². The number of unbranched alkanes of at least 4 members (excludes halogenated alkanes) is 5. The minimum Gasteiger partial charge on any atom is -0.463 e. The third-order valence-corrected chi connectivity index (χ3v) is 6.03. The van der Waals surface area contributed by atoms with Gasteiger partial charge in [-0.2, -0.15) is 0 Å². The van der Waals surface area contributed by atoms with Crippen LogP contribution in [0.25, 0.3) is 11.1 Å². The highest BCUT2D eigenvalue weighted by molar-refractivity contribution is 5.80. The summed E-state index contributed by atoms with van der Waals surface area (Å²) in [6.45, 7) is 7.11. The van der Waals surface area contributed by atoms with Crippen molar-refractivity contribution < 1.29 is 19.0 Å². The van der Waals surface area contributed by atoms with Gasteiger partial charge in [0.15, 0.2) is 6.10 Å². The Morgan fingerprint density at radius 1 is 0.938 bits per heavy atom. The molecule has 6 heteroatoms. The number of benzene rings is 1. The molecule has 0 bridgehead atoms. The quantitative estimate of drug-likeness (QED) is 0.155. The standard InChI is InChI=1S/C26H36N2O4/c1-4-7-8-9-10-11-16-30-26-27-17-21(18-28-26)20-12-14-22(15-13-20)31-25(29)24-23(32-24)19(5-2)6-3/h12-15,17-19,23-24H,4-11,16H2,1-3H3/t23-,24+/m0/s1. The second-order valence-electron chi connectivity index (χ2n) is 8.41. The molecule has 0 N–H and O–H groups in total. The normalized spacial score (nSPS) is 17.4. The Kier molecular flexibility index (Phi) is 9.47. The molecule has 2 atom stereocenters. The van der Waals surface area contributed by atoms with Gasteiger partial charge >= 0.3 is 12.0 Å². The molecule has 1 aliphatic heterocycles. The summed E-state index contributed by atoms with van der Waals surface area (Å²) in [6.07, 6.45) is 12.4. The van der Waals surface area contributed by atoms with E-state index < -0.39 is 6.10 Å². The molecule has 0 spiro atoms. The Labute approximate surface area is 191 Å². The third kappa shape index (κ3) is 7.02. The van der Waals surface area contributed by atoms with E-state index in [0.717, 1.165) is 30.4 Å². The van der Waals surface area contributed by atoms with E-state index >= 15 is 0 Å². The zero-order valence-electron chi connectivity index (χ0n) is 19.6. The second kappa shape index (κ2) is 12.5. The first-order chi connectivity index (χ1) is 15.7. The molecule has 1 aromatic heterocycles. The fourth-order valence-corrected chi connectivity index (χ4v) is 3.90. The molecule has 32 heavy (non-hydrogen) atoms. The molecule has 0 aliphatic carbocycles. The maximum atomic E-state index is 12.3. The highest BCUT2D eigenvalue weighted by Crippen LogP contribution is 2.34. The maximum Gasteiger partial charge on any atom is 0.343 e. The summed E-state index contributed by atoms with van der Waals surface area (Å²) in [5, 5.41) is 0. The first-order valence-corrected chi connectivity index (χ1v) is 12.1. The molecule has 1 aromatic carbocycles. The van der Waals surface area contributed by atoms with Gasteiger partial charge in [0.25, 0.3) is 0 Å². The number of nitrogens with zero attached hydrogens (tertiary/aromatic N) is 2. The van der Waals surface area contributed by atoms with Crippen molar-refractivity contribution in [2.24, 2.45) is 5.92 Å². The topological polar surface area (TPSA) is 73.8 Å². The molecule has 0 saturated carbocycles. The van der Waals surface area contributed by atoms with E-state index in [0.29, 0.717) is 24.3 Å². The van der Waals surface area contributed by atoms with E-state index in [4.69, 9.17) is 14.2 Å². The third-order valence-electron chi connectivity index (χ3n) is 6.03. The number of carbonyl (C=O) groups excluding carboxylic acids is 1. The SMILES string of the molecule is CCCCCCCCOc1ncc(-c2ccc(OC(=O)[C@@H]3O[C@H]3C(CC)CC)cc2)cn1. The summed E-state index contributed by atoms with van der Waals surface area (Å²) in [4.78, 5) is 20.9. The van der Waals surface area contributed by atoms with Gasteiger partial charge in [-0.25, -0.2) is 14.8 Å². The van der Waals surface area contributed by atoms with Crippen molar-refractivity contribution in [2.75, 3.05) is 6.61 Å². The predicted octanol–water partition coefficient (Wildman–Crippen LogP) is 5.99. The molecule has 2 heterocycles. The van der Waals surface area contributed by atoms with Gasteiger partial charge < -0.3 is 14.2 Å². The molecule has 0 unspecified atom stereocenters. The van der Waals surface area contributed by atoms with Crippen molar-refractivity contribution in [3.05, 3.63) is 36.7 Å². The number of rotatable bonds is 14. The van der Waals surface area contributed by atoms with E-state index in [1.807, 2.05) is 12.1 Å². The van der Waals surface area contributed by atoms with Gasteiger partial charge in [0.1, 0.15) is 5.75 Å². The van der Waals surface area contributed by atoms with E-state index in [1.165, 1.54) is 32.1 Å². The minimum absolute atomic E-state index is 0.00397. The number of carbonyl (C=O) groups is 1. The summed E-state index contributed by atoms with van der Waals surface area (Å²) >= 11 is 0. The van der Waals surface area contributed by atoms with Crippen molar-refractivity contribution in [1.29, 1.82) is 0 Å². The smallest absolute Gasteiger partial charge is 0.343 e. The molecule has 2 aromatic rings. The van der Waals surface area contributed by atoms with Crippen LogP contribution in [0.2, 0.25) is 0 Å². The maximum absolute atomic E-state index is 12.3. The lowest BCUT2D eigenvalue weighted by atomic mass is 9.97. The number of esters is 1. The molecular weight excluding hydrogens is 404 g/mol. The van der Waals surface area contributed by atoms with Crippen LogP contribution < -0.4 is 9.47 Å². The molecule has 174 valence electrons. The Bertz CT molecular complexity index is 819. The summed E-state index contributed by atoms with van der Waals surface area (Å²) < 4.78 is 16.7. The molecule has 3 rings (SSSR count). The monoisotopic (exact) mass is 440 g/mol. The average molecular weight is 441 g/mol. The van der Waals surface area contributed by atoms with Crippen LogP contribution in [0.3, 0.4) is 0 Å². The van der Waals surface area contributed by atoms with Crippen LogP contribution in [0.1, 0.15) is 72.1 Å². The molecule has 0 amide bonds. The van der Waals surface area contributed by atoms with Crippen LogP contribution in [0, 0.1) is 5.92 Å². The summed E-state index contributed by atoms with van der Waals surface area (Å²) in [7, 11) is 0. The van der Waals surface area contributed by atoms with Gasteiger partial charge in [0.2, 0.25) is 0 Å². The van der Waals surface area contributed by atoms with Crippen molar-refractivity contribution in [2.45, 2.75) is 84.3 Å². The zero-order chi connectivity index (χ0) is 22.8. The van der Waals surface area contributed by atoms with Crippen molar-refractivity contribution in [3.63, 3.8) is 0 Å². The van der Waals surface area contributed by atoms with Crippen LogP contribution in [0.5, 0.6) is 11.8 Å². The van der Waals surface area contributed by atoms with E-state index in [9.17, 15) is 4.79 Å². The Morgan fingerprint density at radius 3 is 2.25 bits per heavy atom. The van der Waals surface area contributed by atoms with Crippen LogP contribution in [-0.4, -0.2) is 34.8 Å². The number of ether oxygens (including phenoxy) is 3. The van der Waals surface area contributed by atoms with Crippen LogP contribution in [0.4, 0.5) is 0 Å². The molecule has 1 saturated heterocycles. The lowest BCUT2D eigenvalue weighted by Gasteiger charge is -2.08. The summed E-state index contributed by atoms with van der Waals surface area (Å²) in [5.74, 6) is 0.606. The largest absolute Gasteiger partial charge is 0.463 e. The Balaban J connectivity index is 1.43. The lowest BCUT2D eigenvalue weighted by molar-refractivity contribution is -0.135. The van der Waals surface area contributed by atoms with Gasteiger partial charge in [0.05, 0.1) is 12.7 Å². The predicted molar refractivity (Wildman–Crippen MR) is 125 cm³/mol.